The van der Waals surface area contributed by atoms with Gasteiger partial charge in [-0.1, -0.05) is 0 Å². The number of rotatable bonds is 4. The van der Waals surface area contributed by atoms with Crippen LogP contribution in [0.15, 0.2) is 11.6 Å². The zero-order chi connectivity index (χ0) is 8.10. The van der Waals surface area contributed by atoms with E-state index in [9.17, 15) is 4.21 Å². The lowest BCUT2D eigenvalue weighted by atomic mass is 10.8. The average molecular weight is 190 g/mol. The maximum atomic E-state index is 11.1. The third-order valence-corrected chi connectivity index (χ3v) is 3.36. The Hall–Kier alpha value is -0.260. The quantitative estimate of drug-likeness (QED) is 0.745. The molecular formula is C6H10N2OS2. The molecule has 0 fully saturated rings. The van der Waals surface area contributed by atoms with Gasteiger partial charge in [-0.2, -0.15) is 0 Å². The van der Waals surface area contributed by atoms with Gasteiger partial charge >= 0.3 is 0 Å². The minimum atomic E-state index is -0.826. The van der Waals surface area contributed by atoms with Crippen molar-refractivity contribution in [3.8, 4) is 0 Å². The Kier molecular flexibility index (Phi) is 3.68. The molecule has 0 aliphatic heterocycles. The van der Waals surface area contributed by atoms with Gasteiger partial charge in [-0.05, 0) is 0 Å². The molecular weight excluding hydrogens is 180 g/mol. The van der Waals surface area contributed by atoms with Crippen molar-refractivity contribution in [2.45, 2.75) is 5.75 Å². The van der Waals surface area contributed by atoms with Gasteiger partial charge < -0.3 is 5.73 Å². The summed E-state index contributed by atoms with van der Waals surface area (Å²) in [5.74, 6) is 1.12. The first-order chi connectivity index (χ1) is 5.33. The van der Waals surface area contributed by atoms with Gasteiger partial charge in [0.15, 0.2) is 0 Å². The van der Waals surface area contributed by atoms with E-state index in [4.69, 9.17) is 5.73 Å². The molecule has 0 saturated heterocycles. The fourth-order valence-electron chi connectivity index (χ4n) is 0.666. The van der Waals surface area contributed by atoms with Gasteiger partial charge in [-0.3, -0.25) is 4.21 Å². The van der Waals surface area contributed by atoms with E-state index in [0.717, 1.165) is 5.01 Å². The van der Waals surface area contributed by atoms with Crippen LogP contribution in [-0.2, 0) is 16.6 Å². The molecule has 1 aromatic rings. The molecule has 11 heavy (non-hydrogen) atoms. The van der Waals surface area contributed by atoms with Gasteiger partial charge in [0.05, 0.1) is 5.75 Å². The number of thiazole rings is 1. The first-order valence-corrected chi connectivity index (χ1v) is 5.63. The fourth-order valence-corrected chi connectivity index (χ4v) is 2.49. The number of hydrogen-bond acceptors (Lipinski definition) is 4. The van der Waals surface area contributed by atoms with Gasteiger partial charge in [-0.25, -0.2) is 4.98 Å². The Bertz CT molecular complexity index is 222. The van der Waals surface area contributed by atoms with E-state index in [-0.39, 0.29) is 0 Å². The number of nitrogens with two attached hydrogens (primary N) is 1. The second-order valence-corrected chi connectivity index (χ2v) is 4.56. The minimum Gasteiger partial charge on any atom is -0.330 e. The van der Waals surface area contributed by atoms with Crippen molar-refractivity contribution < 1.29 is 4.21 Å². The third-order valence-electron chi connectivity index (χ3n) is 1.11. The van der Waals surface area contributed by atoms with E-state index in [1.165, 1.54) is 11.3 Å². The Morgan fingerprint density at radius 2 is 2.55 bits per heavy atom. The molecule has 0 spiro atoms. The van der Waals surface area contributed by atoms with Crippen LogP contribution in [0.3, 0.4) is 0 Å². The van der Waals surface area contributed by atoms with Crippen LogP contribution in [0.5, 0.6) is 0 Å². The molecule has 62 valence electrons. The van der Waals surface area contributed by atoms with Gasteiger partial charge in [0.25, 0.3) is 0 Å². The zero-order valence-electron chi connectivity index (χ0n) is 6.03. The first kappa shape index (κ1) is 8.83. The summed E-state index contributed by atoms with van der Waals surface area (Å²) in [4.78, 5) is 4.02. The molecule has 0 aromatic carbocycles. The normalized spacial score (nSPS) is 13.2. The SMILES string of the molecule is NCCS(=O)Cc1nccs1. The summed E-state index contributed by atoms with van der Waals surface area (Å²) >= 11 is 1.53. The lowest BCUT2D eigenvalue weighted by molar-refractivity contribution is 0.682. The highest BCUT2D eigenvalue weighted by atomic mass is 32.2. The monoisotopic (exact) mass is 190 g/mol. The Morgan fingerprint density at radius 3 is 3.09 bits per heavy atom. The van der Waals surface area contributed by atoms with Crippen LogP contribution in [0.25, 0.3) is 0 Å². The maximum absolute atomic E-state index is 11.1. The van der Waals surface area contributed by atoms with E-state index < -0.39 is 10.8 Å². The zero-order valence-corrected chi connectivity index (χ0v) is 7.66. The van der Waals surface area contributed by atoms with Crippen LogP contribution >= 0.6 is 11.3 Å². The van der Waals surface area contributed by atoms with Crippen LogP contribution in [-0.4, -0.2) is 21.5 Å². The largest absolute Gasteiger partial charge is 0.330 e. The van der Waals surface area contributed by atoms with Gasteiger partial charge in [-0.15, -0.1) is 11.3 Å². The van der Waals surface area contributed by atoms with E-state index >= 15 is 0 Å². The van der Waals surface area contributed by atoms with Crippen LogP contribution in [0.4, 0.5) is 0 Å². The second kappa shape index (κ2) is 4.58. The molecule has 0 bridgehead atoms. The van der Waals surface area contributed by atoms with Crippen LogP contribution in [0.2, 0.25) is 0 Å². The summed E-state index contributed by atoms with van der Waals surface area (Å²) in [6, 6.07) is 0. The first-order valence-electron chi connectivity index (χ1n) is 3.26. The van der Waals surface area contributed by atoms with Gasteiger partial charge in [0.2, 0.25) is 0 Å². The fraction of sp³-hybridized carbons (Fsp3) is 0.500. The summed E-state index contributed by atoms with van der Waals surface area (Å²) in [6.07, 6.45) is 1.72. The summed E-state index contributed by atoms with van der Waals surface area (Å²) < 4.78 is 11.1. The molecule has 0 aliphatic carbocycles. The van der Waals surface area contributed by atoms with E-state index in [2.05, 4.69) is 4.98 Å². The predicted octanol–water partition coefficient (Wildman–Crippen LogP) is 0.350. The average Bonchev–Trinajstić information content (AvgIpc) is 2.40. The second-order valence-electron chi connectivity index (χ2n) is 2.00. The highest BCUT2D eigenvalue weighted by molar-refractivity contribution is 7.84. The minimum absolute atomic E-state index is 0.484. The van der Waals surface area contributed by atoms with E-state index in [1.807, 2.05) is 5.38 Å². The van der Waals surface area contributed by atoms with E-state index in [0.29, 0.717) is 18.1 Å². The predicted molar refractivity (Wildman–Crippen MR) is 47.9 cm³/mol. The number of aromatic nitrogens is 1. The van der Waals surface area contributed by atoms with E-state index in [1.54, 1.807) is 6.20 Å². The molecule has 1 aromatic heterocycles. The molecule has 3 nitrogen and oxygen atoms in total. The summed E-state index contributed by atoms with van der Waals surface area (Å²) in [7, 11) is -0.826. The van der Waals surface area contributed by atoms with Crippen LogP contribution in [0, 0.1) is 0 Å². The molecule has 0 saturated carbocycles. The Labute approximate surface area is 72.1 Å². The van der Waals surface area contributed by atoms with Crippen molar-refractivity contribution in [2.24, 2.45) is 5.73 Å². The van der Waals surface area contributed by atoms with Crippen molar-refractivity contribution in [3.05, 3.63) is 16.6 Å². The van der Waals surface area contributed by atoms with Crippen molar-refractivity contribution in [3.63, 3.8) is 0 Å². The smallest absolute Gasteiger partial charge is 0.105 e. The van der Waals surface area contributed by atoms with Crippen molar-refractivity contribution in [1.82, 2.24) is 4.98 Å². The van der Waals surface area contributed by atoms with Crippen molar-refractivity contribution >= 4 is 22.1 Å². The van der Waals surface area contributed by atoms with Gasteiger partial charge in [0, 0.05) is 34.7 Å². The third kappa shape index (κ3) is 3.09. The number of nitrogens with zero attached hydrogens (tertiary/aromatic N) is 1. The lowest BCUT2D eigenvalue weighted by Crippen LogP contribution is -2.11. The highest BCUT2D eigenvalue weighted by Crippen LogP contribution is 2.06. The summed E-state index contributed by atoms with van der Waals surface area (Å²) in [5, 5.41) is 2.81. The molecule has 1 rings (SSSR count). The maximum Gasteiger partial charge on any atom is 0.105 e. The lowest BCUT2D eigenvalue weighted by Gasteiger charge is -1.94. The molecule has 0 radical (unpaired) electrons. The van der Waals surface area contributed by atoms with Gasteiger partial charge in [0.1, 0.15) is 5.01 Å². The summed E-state index contributed by atoms with van der Waals surface area (Å²) in [5.41, 5.74) is 5.25. The van der Waals surface area contributed by atoms with Crippen molar-refractivity contribution in [1.29, 1.82) is 0 Å². The molecule has 1 atom stereocenters. The molecule has 5 heteroatoms. The topological polar surface area (TPSA) is 56.0 Å². The Balaban J connectivity index is 2.37. The number of hydrogen-bond donors (Lipinski definition) is 1. The molecule has 2 N–H and O–H groups in total. The summed E-state index contributed by atoms with van der Waals surface area (Å²) in [6.45, 7) is 0.484. The standard InChI is InChI=1S/C6H10N2OS2/c7-1-4-11(9)5-6-8-2-3-10-6/h2-3H,1,4-5,7H2. The van der Waals surface area contributed by atoms with Crippen LogP contribution < -0.4 is 5.73 Å². The van der Waals surface area contributed by atoms with Crippen LogP contribution in [0.1, 0.15) is 5.01 Å². The van der Waals surface area contributed by atoms with Crippen molar-refractivity contribution in [2.75, 3.05) is 12.3 Å². The molecule has 1 unspecified atom stereocenters. The molecule has 0 aliphatic rings. The molecule has 0 amide bonds. The molecule has 1 heterocycles. The highest BCUT2D eigenvalue weighted by Gasteiger charge is 2.01. The Morgan fingerprint density at radius 1 is 1.73 bits per heavy atom.